The Balaban J connectivity index is 2.21. The van der Waals surface area contributed by atoms with Crippen molar-refractivity contribution in [1.82, 2.24) is 0 Å². The molecular weight excluding hydrogens is 300 g/mol. The van der Waals surface area contributed by atoms with Crippen LogP contribution in [-0.4, -0.2) is 16.9 Å². The van der Waals surface area contributed by atoms with Gasteiger partial charge in [0, 0.05) is 5.56 Å². The molecule has 134 valence electrons. The van der Waals surface area contributed by atoms with Crippen molar-refractivity contribution in [2.45, 2.75) is 84.0 Å². The molecule has 0 radical (unpaired) electrons. The highest BCUT2D eigenvalue weighted by Gasteiger charge is 2.13. The van der Waals surface area contributed by atoms with Crippen LogP contribution in [-0.2, 0) is 11.2 Å². The zero-order valence-corrected chi connectivity index (χ0v) is 15.1. The van der Waals surface area contributed by atoms with Crippen LogP contribution >= 0.6 is 0 Å². The SMILES string of the molecule is CCCCCCCCCCCCc1ccccc1C(=O)CC(=O)O. The fourth-order valence-electron chi connectivity index (χ4n) is 3.05. The average Bonchev–Trinajstić information content (AvgIpc) is 2.56. The third kappa shape index (κ3) is 8.85. The van der Waals surface area contributed by atoms with Gasteiger partial charge >= 0.3 is 5.97 Å². The maximum Gasteiger partial charge on any atom is 0.311 e. The number of carbonyl (C=O) groups is 2. The van der Waals surface area contributed by atoms with Crippen molar-refractivity contribution in [2.24, 2.45) is 0 Å². The number of carboxylic acids is 1. The lowest BCUT2D eigenvalue weighted by Crippen LogP contribution is -2.09. The van der Waals surface area contributed by atoms with Crippen LogP contribution in [0.1, 0.15) is 93.5 Å². The van der Waals surface area contributed by atoms with Gasteiger partial charge in [0.1, 0.15) is 6.42 Å². The molecule has 0 spiro atoms. The molecule has 0 atom stereocenters. The molecule has 0 aliphatic heterocycles. The molecule has 0 bridgehead atoms. The maximum atomic E-state index is 12.0. The van der Waals surface area contributed by atoms with Gasteiger partial charge in [-0.15, -0.1) is 0 Å². The van der Waals surface area contributed by atoms with Gasteiger partial charge in [0.15, 0.2) is 5.78 Å². The van der Waals surface area contributed by atoms with Gasteiger partial charge in [-0.25, -0.2) is 0 Å². The maximum absolute atomic E-state index is 12.0. The zero-order valence-electron chi connectivity index (χ0n) is 15.1. The number of unbranched alkanes of at least 4 members (excludes halogenated alkanes) is 9. The third-order valence-corrected chi connectivity index (χ3v) is 4.43. The minimum atomic E-state index is -1.06. The Bertz CT molecular complexity index is 494. The van der Waals surface area contributed by atoms with E-state index in [2.05, 4.69) is 6.92 Å². The lowest BCUT2D eigenvalue weighted by Gasteiger charge is -2.08. The van der Waals surface area contributed by atoms with Crippen molar-refractivity contribution < 1.29 is 14.7 Å². The fourth-order valence-corrected chi connectivity index (χ4v) is 3.05. The van der Waals surface area contributed by atoms with Crippen LogP contribution in [0.4, 0.5) is 0 Å². The van der Waals surface area contributed by atoms with Gasteiger partial charge < -0.3 is 5.11 Å². The smallest absolute Gasteiger partial charge is 0.311 e. The summed E-state index contributed by atoms with van der Waals surface area (Å²) in [6, 6.07) is 7.42. The molecule has 0 fully saturated rings. The molecule has 0 heterocycles. The number of carbonyl (C=O) groups excluding carboxylic acids is 1. The minimum absolute atomic E-state index is 0.287. The number of aliphatic carboxylic acids is 1. The number of ketones is 1. The number of benzene rings is 1. The van der Waals surface area contributed by atoms with Crippen molar-refractivity contribution in [3.8, 4) is 0 Å². The van der Waals surface area contributed by atoms with Gasteiger partial charge in [-0.05, 0) is 18.4 Å². The van der Waals surface area contributed by atoms with Gasteiger partial charge in [-0.2, -0.15) is 0 Å². The van der Waals surface area contributed by atoms with Crippen molar-refractivity contribution in [2.75, 3.05) is 0 Å². The molecule has 0 saturated carbocycles. The molecule has 0 amide bonds. The van der Waals surface area contributed by atoms with Crippen LogP contribution < -0.4 is 0 Å². The van der Waals surface area contributed by atoms with E-state index in [9.17, 15) is 9.59 Å². The van der Waals surface area contributed by atoms with Crippen LogP contribution in [0.3, 0.4) is 0 Å². The van der Waals surface area contributed by atoms with E-state index in [1.165, 1.54) is 57.8 Å². The molecule has 1 aromatic rings. The second-order valence-electron chi connectivity index (χ2n) is 6.58. The number of aryl methyl sites for hydroxylation is 1. The summed E-state index contributed by atoms with van der Waals surface area (Å²) in [4.78, 5) is 22.7. The monoisotopic (exact) mass is 332 g/mol. The predicted octanol–water partition coefficient (Wildman–Crippen LogP) is 5.81. The molecule has 24 heavy (non-hydrogen) atoms. The van der Waals surface area contributed by atoms with E-state index in [0.29, 0.717) is 5.56 Å². The summed E-state index contributed by atoms with van der Waals surface area (Å²) in [5.74, 6) is -1.35. The highest BCUT2D eigenvalue weighted by molar-refractivity contribution is 6.06. The number of rotatable bonds is 14. The van der Waals surface area contributed by atoms with E-state index < -0.39 is 12.4 Å². The summed E-state index contributed by atoms with van der Waals surface area (Å²) >= 11 is 0. The zero-order chi connectivity index (χ0) is 17.6. The first kappa shape index (κ1) is 20.4. The minimum Gasteiger partial charge on any atom is -0.481 e. The predicted molar refractivity (Wildman–Crippen MR) is 98.6 cm³/mol. The van der Waals surface area contributed by atoms with Gasteiger partial charge in [-0.3, -0.25) is 9.59 Å². The van der Waals surface area contributed by atoms with Crippen LogP contribution in [0.25, 0.3) is 0 Å². The van der Waals surface area contributed by atoms with E-state index in [-0.39, 0.29) is 5.78 Å². The molecule has 1 rings (SSSR count). The summed E-state index contributed by atoms with van der Waals surface area (Å²) in [6.45, 7) is 2.24. The van der Waals surface area contributed by atoms with Gasteiger partial charge in [0.05, 0.1) is 0 Å². The highest BCUT2D eigenvalue weighted by Crippen LogP contribution is 2.16. The molecule has 1 aromatic carbocycles. The molecule has 0 aliphatic rings. The van der Waals surface area contributed by atoms with Gasteiger partial charge in [-0.1, -0.05) is 89.0 Å². The second kappa shape index (κ2) is 12.7. The first-order chi connectivity index (χ1) is 11.6. The molecule has 1 N–H and O–H groups in total. The summed E-state index contributed by atoms with van der Waals surface area (Å²) in [5, 5.41) is 8.78. The van der Waals surface area contributed by atoms with E-state index >= 15 is 0 Å². The average molecular weight is 332 g/mol. The van der Waals surface area contributed by atoms with E-state index in [4.69, 9.17) is 5.11 Å². The Kier molecular flexibility index (Phi) is 10.8. The number of carboxylic acid groups (broad SMARTS) is 1. The first-order valence-electron chi connectivity index (χ1n) is 9.48. The van der Waals surface area contributed by atoms with Crippen molar-refractivity contribution in [3.63, 3.8) is 0 Å². The molecule has 0 saturated heterocycles. The molecule has 3 nitrogen and oxygen atoms in total. The second-order valence-corrected chi connectivity index (χ2v) is 6.58. The highest BCUT2D eigenvalue weighted by atomic mass is 16.4. The number of hydrogen-bond donors (Lipinski definition) is 1. The Labute approximate surface area is 146 Å². The lowest BCUT2D eigenvalue weighted by atomic mass is 9.96. The van der Waals surface area contributed by atoms with Gasteiger partial charge in [0.2, 0.25) is 0 Å². The largest absolute Gasteiger partial charge is 0.481 e. The Morgan fingerprint density at radius 2 is 1.38 bits per heavy atom. The van der Waals surface area contributed by atoms with E-state index in [1.54, 1.807) is 12.1 Å². The van der Waals surface area contributed by atoms with Crippen molar-refractivity contribution in [3.05, 3.63) is 35.4 Å². The molecular formula is C21H32O3. The molecule has 3 heteroatoms. The Morgan fingerprint density at radius 3 is 1.96 bits per heavy atom. The third-order valence-electron chi connectivity index (χ3n) is 4.43. The molecule has 0 aliphatic carbocycles. The number of Topliss-reactive ketones (excluding diaryl/α,β-unsaturated/α-hetero) is 1. The van der Waals surface area contributed by atoms with Crippen LogP contribution in [0.2, 0.25) is 0 Å². The van der Waals surface area contributed by atoms with E-state index in [1.807, 2.05) is 12.1 Å². The standard InChI is InChI=1S/C21H32O3/c1-2-3-4-5-6-7-8-9-10-11-14-18-15-12-13-16-19(18)20(22)17-21(23)24/h12-13,15-16H,2-11,14,17H2,1H3,(H,23,24). The molecule has 0 aromatic heterocycles. The molecule has 0 unspecified atom stereocenters. The van der Waals surface area contributed by atoms with Crippen LogP contribution in [0.15, 0.2) is 24.3 Å². The van der Waals surface area contributed by atoms with Gasteiger partial charge in [0.25, 0.3) is 0 Å². The van der Waals surface area contributed by atoms with Crippen LogP contribution in [0, 0.1) is 0 Å². The summed E-state index contributed by atoms with van der Waals surface area (Å²) < 4.78 is 0. The summed E-state index contributed by atoms with van der Waals surface area (Å²) in [5.41, 5.74) is 1.57. The lowest BCUT2D eigenvalue weighted by molar-refractivity contribution is -0.135. The number of hydrogen-bond acceptors (Lipinski definition) is 2. The summed E-state index contributed by atoms with van der Waals surface area (Å²) in [7, 11) is 0. The van der Waals surface area contributed by atoms with Crippen LogP contribution in [0.5, 0.6) is 0 Å². The fraction of sp³-hybridized carbons (Fsp3) is 0.619. The quantitative estimate of drug-likeness (QED) is 0.266. The summed E-state index contributed by atoms with van der Waals surface area (Å²) in [6.07, 6.45) is 13.3. The Morgan fingerprint density at radius 1 is 0.833 bits per heavy atom. The van der Waals surface area contributed by atoms with Crippen molar-refractivity contribution in [1.29, 1.82) is 0 Å². The Hall–Kier alpha value is -1.64. The topological polar surface area (TPSA) is 54.4 Å². The normalized spacial score (nSPS) is 10.7. The first-order valence-corrected chi connectivity index (χ1v) is 9.48. The van der Waals surface area contributed by atoms with E-state index in [0.717, 1.165) is 18.4 Å². The van der Waals surface area contributed by atoms with Crippen molar-refractivity contribution >= 4 is 11.8 Å².